The first-order valence-electron chi connectivity index (χ1n) is 16.9. The molecule has 1 aliphatic carbocycles. The van der Waals surface area contributed by atoms with Crippen molar-refractivity contribution in [3.8, 4) is 35.0 Å². The van der Waals surface area contributed by atoms with Crippen LogP contribution in [0.4, 0.5) is 36.6 Å². The molecule has 7 rings (SSSR count). The van der Waals surface area contributed by atoms with E-state index >= 15 is 8.78 Å². The molecule has 4 heterocycles. The largest absolute Gasteiger partial charge is 0.435 e. The zero-order chi connectivity index (χ0) is 41.9. The number of alkyl halides is 5. The fraction of sp³-hybridized carbons (Fsp3) is 0.243. The number of amides is 1. The van der Waals surface area contributed by atoms with E-state index in [4.69, 9.17) is 23.0 Å². The van der Waals surface area contributed by atoms with E-state index in [2.05, 4.69) is 30.2 Å². The van der Waals surface area contributed by atoms with Gasteiger partial charge in [-0.15, -0.1) is 6.42 Å². The Morgan fingerprint density at radius 1 is 1.07 bits per heavy atom. The number of hydrogen-bond acceptors (Lipinski definition) is 8. The highest BCUT2D eigenvalue weighted by atomic mass is 35.5. The second-order valence-electron chi connectivity index (χ2n) is 13.3. The van der Waals surface area contributed by atoms with Crippen molar-refractivity contribution in [2.75, 3.05) is 11.0 Å². The number of benzene rings is 2. The quantitative estimate of drug-likeness (QED) is 0.116. The summed E-state index contributed by atoms with van der Waals surface area (Å²) in [5.74, 6) is -7.20. The lowest BCUT2D eigenvalue weighted by Gasteiger charge is -2.23. The highest BCUT2D eigenvalue weighted by Gasteiger charge is 2.55. The Bertz CT molecular complexity index is 2750. The summed E-state index contributed by atoms with van der Waals surface area (Å²) >= 11 is 6.57. The van der Waals surface area contributed by atoms with Crippen LogP contribution in [0.2, 0.25) is 5.02 Å². The number of hydrogen-bond donors (Lipinski definition) is 2. The van der Waals surface area contributed by atoms with Crippen molar-refractivity contribution in [1.82, 2.24) is 39.8 Å². The van der Waals surface area contributed by atoms with Gasteiger partial charge in [0.25, 0.3) is 0 Å². The second-order valence-corrected chi connectivity index (χ2v) is 15.5. The van der Waals surface area contributed by atoms with Gasteiger partial charge in [0, 0.05) is 42.2 Å². The van der Waals surface area contributed by atoms with Crippen molar-refractivity contribution < 1.29 is 43.9 Å². The van der Waals surface area contributed by atoms with E-state index < -0.39 is 88.0 Å². The third-order valence-electron chi connectivity index (χ3n) is 9.23. The molecule has 0 saturated carbocycles. The summed E-state index contributed by atoms with van der Waals surface area (Å²) in [6, 6.07) is 8.77. The number of nitrogens with zero attached hydrogens (tertiary/aromatic N) is 7. The van der Waals surface area contributed by atoms with Crippen molar-refractivity contribution in [2.24, 2.45) is 13.0 Å². The first-order chi connectivity index (χ1) is 27.2. The standard InChI is InChI=1S/C37H27ClF7N9O3S/c1-4-19-15-24-32(37(43,44)45)50-54(33(24)36(19,41)42)17-28(55)48-27(14-18-12-20(39)16-21(40)13-18)30-22(7-9-26(49-30)34-46-10-5-11-47-34)23-6-8-25(38)29-31(23)53(2)51-35(29)52-58(3,56)57/h1,5-13,16,19,27H,14-15,17H2,2-3H3,(H,48,55)(H,51,52)/t19-,27+/m1/s1. The molecule has 0 aliphatic heterocycles. The maximum absolute atomic E-state index is 15.5. The molecule has 300 valence electrons. The molecule has 0 fully saturated rings. The maximum atomic E-state index is 15.5. The van der Waals surface area contributed by atoms with Gasteiger partial charge in [-0.2, -0.15) is 32.1 Å². The molecule has 1 amide bonds. The van der Waals surface area contributed by atoms with Gasteiger partial charge in [-0.1, -0.05) is 29.7 Å². The molecule has 21 heteroatoms. The number of terminal acetylenes is 1. The minimum absolute atomic E-state index is 0.0129. The van der Waals surface area contributed by atoms with Gasteiger partial charge in [-0.25, -0.2) is 32.2 Å². The van der Waals surface area contributed by atoms with Crippen LogP contribution >= 0.6 is 11.6 Å². The lowest BCUT2D eigenvalue weighted by atomic mass is 9.93. The van der Waals surface area contributed by atoms with Gasteiger partial charge >= 0.3 is 12.1 Å². The number of pyridine rings is 1. The first kappa shape index (κ1) is 40.1. The predicted octanol–water partition coefficient (Wildman–Crippen LogP) is 6.61. The second kappa shape index (κ2) is 14.7. The predicted molar refractivity (Wildman–Crippen MR) is 197 cm³/mol. The number of carbonyl (C=O) groups excluding carboxylic acids is 1. The van der Waals surface area contributed by atoms with Gasteiger partial charge in [0.15, 0.2) is 17.3 Å². The Kier molecular flexibility index (Phi) is 10.2. The number of sulfonamides is 1. The van der Waals surface area contributed by atoms with Gasteiger partial charge in [-0.05, 0) is 48.7 Å². The summed E-state index contributed by atoms with van der Waals surface area (Å²) in [5.41, 5.74) is -2.72. The van der Waals surface area contributed by atoms with E-state index in [1.807, 2.05) is 5.92 Å². The molecule has 2 aromatic carbocycles. The monoisotopic (exact) mass is 845 g/mol. The number of anilines is 1. The van der Waals surface area contributed by atoms with Crippen molar-refractivity contribution in [2.45, 2.75) is 37.5 Å². The Balaban J connectivity index is 1.41. The summed E-state index contributed by atoms with van der Waals surface area (Å²) < 4.78 is 131. The van der Waals surface area contributed by atoms with Crippen LogP contribution in [0.3, 0.4) is 0 Å². The van der Waals surface area contributed by atoms with E-state index in [9.17, 15) is 35.2 Å². The van der Waals surface area contributed by atoms with E-state index in [0.29, 0.717) is 11.6 Å². The minimum atomic E-state index is -5.17. The third-order valence-corrected chi connectivity index (χ3v) is 10.1. The van der Waals surface area contributed by atoms with E-state index in [1.165, 1.54) is 36.3 Å². The van der Waals surface area contributed by atoms with Crippen LogP contribution in [-0.4, -0.2) is 55.1 Å². The molecular formula is C37H27ClF7N9O3S. The molecule has 0 saturated heterocycles. The highest BCUT2D eigenvalue weighted by molar-refractivity contribution is 7.92. The van der Waals surface area contributed by atoms with Gasteiger partial charge in [-0.3, -0.25) is 18.9 Å². The van der Waals surface area contributed by atoms with Crippen LogP contribution in [-0.2, 0) is 53.4 Å². The Hall–Kier alpha value is -6.07. The normalized spacial score (nSPS) is 15.6. The Labute approximate surface area is 329 Å². The first-order valence-corrected chi connectivity index (χ1v) is 19.2. The average molecular weight is 846 g/mol. The van der Waals surface area contributed by atoms with Crippen LogP contribution in [0.5, 0.6) is 0 Å². The summed E-state index contributed by atoms with van der Waals surface area (Å²) in [6.07, 6.45) is 2.60. The van der Waals surface area contributed by atoms with Crippen molar-refractivity contribution in [3.05, 3.63) is 106 Å². The molecule has 0 spiro atoms. The fourth-order valence-electron chi connectivity index (χ4n) is 6.99. The van der Waals surface area contributed by atoms with Gasteiger partial charge in [0.05, 0.1) is 39.8 Å². The lowest BCUT2D eigenvalue weighted by Crippen LogP contribution is -2.35. The van der Waals surface area contributed by atoms with E-state index in [-0.39, 0.29) is 54.8 Å². The zero-order valence-electron chi connectivity index (χ0n) is 29.9. The summed E-state index contributed by atoms with van der Waals surface area (Å²) in [5, 5.41) is 10.5. The topological polar surface area (TPSA) is 150 Å². The molecule has 0 bridgehead atoms. The Morgan fingerprint density at radius 2 is 1.74 bits per heavy atom. The lowest BCUT2D eigenvalue weighted by molar-refractivity contribution is -0.142. The van der Waals surface area contributed by atoms with Gasteiger partial charge in [0.1, 0.15) is 29.6 Å². The number of aromatic nitrogens is 7. The fourth-order valence-corrected chi connectivity index (χ4v) is 7.73. The summed E-state index contributed by atoms with van der Waals surface area (Å²) in [7, 11) is -2.35. The van der Waals surface area contributed by atoms with Crippen LogP contribution in [0.25, 0.3) is 33.5 Å². The molecule has 4 aromatic heterocycles. The summed E-state index contributed by atoms with van der Waals surface area (Å²) in [6.45, 7) is -1.16. The van der Waals surface area contributed by atoms with Gasteiger partial charge in [0.2, 0.25) is 15.9 Å². The van der Waals surface area contributed by atoms with E-state index in [0.717, 1.165) is 18.4 Å². The minimum Gasteiger partial charge on any atom is -0.346 e. The third kappa shape index (κ3) is 7.66. The Morgan fingerprint density at radius 3 is 2.38 bits per heavy atom. The van der Waals surface area contributed by atoms with Crippen molar-refractivity contribution >= 4 is 44.3 Å². The zero-order valence-corrected chi connectivity index (χ0v) is 31.5. The molecule has 0 radical (unpaired) electrons. The number of fused-ring (bicyclic) bond motifs is 2. The molecule has 12 nitrogen and oxygen atoms in total. The number of halogens is 8. The average Bonchev–Trinajstić information content (AvgIpc) is 3.75. The van der Waals surface area contributed by atoms with Crippen LogP contribution in [0.15, 0.2) is 60.9 Å². The van der Waals surface area contributed by atoms with Crippen molar-refractivity contribution in [1.29, 1.82) is 0 Å². The number of rotatable bonds is 10. The SMILES string of the molecule is C#C[C@@H]1Cc2c(C(F)(F)F)nn(CC(=O)N[C@@H](Cc3cc(F)cc(F)c3)c3nc(-c4ncccn4)ccc3-c3ccc(Cl)c4c(NS(C)(=O)=O)nn(C)c34)c2C1(F)F. The molecule has 58 heavy (non-hydrogen) atoms. The van der Waals surface area contributed by atoms with E-state index in [1.54, 1.807) is 18.2 Å². The van der Waals surface area contributed by atoms with Crippen LogP contribution < -0.4 is 10.0 Å². The summed E-state index contributed by atoms with van der Waals surface area (Å²) in [4.78, 5) is 27.2. The van der Waals surface area contributed by atoms with Crippen LogP contribution in [0, 0.1) is 29.9 Å². The molecule has 2 atom stereocenters. The number of nitrogens with one attached hydrogen (secondary N) is 2. The maximum Gasteiger partial charge on any atom is 0.435 e. The van der Waals surface area contributed by atoms with Crippen molar-refractivity contribution in [3.63, 3.8) is 0 Å². The molecule has 2 N–H and O–H groups in total. The smallest absolute Gasteiger partial charge is 0.346 e. The van der Waals surface area contributed by atoms with Crippen LogP contribution in [0.1, 0.15) is 34.3 Å². The molecule has 6 aromatic rings. The highest BCUT2D eigenvalue weighted by Crippen LogP contribution is 2.49. The number of carbonyl (C=O) groups is 1. The molecule has 0 unspecified atom stereocenters. The van der Waals surface area contributed by atoms with Gasteiger partial charge < -0.3 is 5.32 Å². The number of aryl methyl sites for hydroxylation is 1. The molecular weight excluding hydrogens is 819 g/mol. The molecule has 1 aliphatic rings.